The number of hydrogen-bond acceptors (Lipinski definition) is 7. The third-order valence-electron chi connectivity index (χ3n) is 3.91. The summed E-state index contributed by atoms with van der Waals surface area (Å²) in [5.41, 5.74) is 0. The Kier molecular flexibility index (Phi) is 5.33. The molecule has 0 radical (unpaired) electrons. The van der Waals surface area contributed by atoms with Crippen LogP contribution in [0.1, 0.15) is 12.8 Å². The van der Waals surface area contributed by atoms with Crippen LogP contribution in [0.2, 0.25) is 0 Å². The highest BCUT2D eigenvalue weighted by molar-refractivity contribution is 5.84. The molecule has 4 atom stereocenters. The van der Waals surface area contributed by atoms with Gasteiger partial charge in [-0.1, -0.05) is 0 Å². The Bertz CT molecular complexity index is 524. The van der Waals surface area contributed by atoms with Gasteiger partial charge in [-0.15, -0.1) is 0 Å². The largest absolute Gasteiger partial charge is 0.490 e. The van der Waals surface area contributed by atoms with Crippen LogP contribution < -0.4 is 0 Å². The number of carbonyl (C=O) groups is 3. The van der Waals surface area contributed by atoms with Gasteiger partial charge in [-0.2, -0.15) is 13.2 Å². The molecule has 2 saturated heterocycles. The molecule has 0 aromatic carbocycles. The molecule has 8 nitrogen and oxygen atoms in total. The molecular formula is C13H16F3NO7. The van der Waals surface area contributed by atoms with Gasteiger partial charge in [-0.25, -0.2) is 9.59 Å². The maximum atomic E-state index is 12.5. The van der Waals surface area contributed by atoms with Crippen LogP contribution >= 0.6 is 0 Å². The first kappa shape index (κ1) is 18.5. The van der Waals surface area contributed by atoms with Gasteiger partial charge in [0.1, 0.15) is 18.7 Å². The maximum Gasteiger partial charge on any atom is 0.490 e. The molecule has 0 aliphatic carbocycles. The van der Waals surface area contributed by atoms with Crippen LogP contribution in [-0.2, 0) is 28.5 Å². The Labute approximate surface area is 134 Å². The molecule has 2 aliphatic heterocycles. The smallest absolute Gasteiger partial charge is 0.453 e. The van der Waals surface area contributed by atoms with E-state index in [1.807, 2.05) is 0 Å². The number of piperidine rings is 1. The van der Waals surface area contributed by atoms with E-state index in [9.17, 15) is 27.6 Å². The van der Waals surface area contributed by atoms with Crippen molar-refractivity contribution in [2.24, 2.45) is 0 Å². The molecule has 0 aromatic heterocycles. The second-order valence-corrected chi connectivity index (χ2v) is 5.36. The monoisotopic (exact) mass is 355 g/mol. The number of hydrogen-bond donors (Lipinski definition) is 0. The van der Waals surface area contributed by atoms with Crippen molar-refractivity contribution < 1.29 is 46.5 Å². The molecule has 24 heavy (non-hydrogen) atoms. The Morgan fingerprint density at radius 3 is 2.25 bits per heavy atom. The van der Waals surface area contributed by atoms with Crippen LogP contribution in [0.25, 0.3) is 0 Å². The second-order valence-electron chi connectivity index (χ2n) is 5.36. The highest BCUT2D eigenvalue weighted by atomic mass is 19.4. The van der Waals surface area contributed by atoms with Gasteiger partial charge in [-0.3, -0.25) is 9.69 Å². The summed E-state index contributed by atoms with van der Waals surface area (Å²) in [4.78, 5) is 36.0. The molecule has 1 amide bonds. The van der Waals surface area contributed by atoms with E-state index in [4.69, 9.17) is 9.47 Å². The van der Waals surface area contributed by atoms with Gasteiger partial charge in [0, 0.05) is 20.0 Å². The fourth-order valence-electron chi connectivity index (χ4n) is 3.04. The van der Waals surface area contributed by atoms with E-state index in [1.54, 1.807) is 0 Å². The van der Waals surface area contributed by atoms with Gasteiger partial charge in [0.15, 0.2) is 6.10 Å². The first-order valence-electron chi connectivity index (χ1n) is 6.97. The van der Waals surface area contributed by atoms with E-state index < -0.39 is 42.5 Å². The van der Waals surface area contributed by atoms with E-state index in [2.05, 4.69) is 9.47 Å². The van der Waals surface area contributed by atoms with Gasteiger partial charge in [-0.05, 0) is 0 Å². The zero-order valence-corrected chi connectivity index (χ0v) is 12.9. The van der Waals surface area contributed by atoms with Crippen molar-refractivity contribution in [2.75, 3.05) is 21.0 Å². The molecule has 0 aromatic rings. The van der Waals surface area contributed by atoms with E-state index in [0.717, 1.165) is 12.0 Å². The van der Waals surface area contributed by atoms with E-state index in [1.165, 1.54) is 7.11 Å². The molecule has 2 heterocycles. The number of nitrogens with zero attached hydrogens (tertiary/aromatic N) is 1. The van der Waals surface area contributed by atoms with Crippen molar-refractivity contribution in [1.29, 1.82) is 0 Å². The minimum atomic E-state index is -5.21. The SMILES string of the molecule is COCO[C@@H]1[C@H](OC(=O)C(F)(F)F)[C@H]2CC(=O)C[C@@H]1N2C(=O)OC. The zero-order valence-electron chi connectivity index (χ0n) is 12.9. The van der Waals surface area contributed by atoms with Crippen LogP contribution in [0.3, 0.4) is 0 Å². The van der Waals surface area contributed by atoms with E-state index in [-0.39, 0.29) is 25.4 Å². The number of halogens is 3. The zero-order chi connectivity index (χ0) is 18.1. The average Bonchev–Trinajstić information content (AvgIpc) is 2.69. The quantitative estimate of drug-likeness (QED) is 0.540. The highest BCUT2D eigenvalue weighted by Crippen LogP contribution is 2.39. The van der Waals surface area contributed by atoms with Crippen LogP contribution in [0, 0.1) is 0 Å². The predicted octanol–water partition coefficient (Wildman–Crippen LogP) is 0.632. The van der Waals surface area contributed by atoms with Gasteiger partial charge < -0.3 is 18.9 Å². The second kappa shape index (κ2) is 6.93. The van der Waals surface area contributed by atoms with E-state index in [0.29, 0.717) is 0 Å². The number of rotatable bonds is 4. The number of methoxy groups -OCH3 is 2. The van der Waals surface area contributed by atoms with Gasteiger partial charge in [0.05, 0.1) is 19.2 Å². The summed E-state index contributed by atoms with van der Waals surface area (Å²) in [6.45, 7) is -0.308. The molecule has 0 N–H and O–H groups in total. The van der Waals surface area contributed by atoms with Crippen LogP contribution in [0.4, 0.5) is 18.0 Å². The van der Waals surface area contributed by atoms with Crippen molar-refractivity contribution in [3.05, 3.63) is 0 Å². The molecule has 2 rings (SSSR count). The van der Waals surface area contributed by atoms with Crippen molar-refractivity contribution >= 4 is 17.8 Å². The highest BCUT2D eigenvalue weighted by Gasteiger charge is 2.59. The summed E-state index contributed by atoms with van der Waals surface area (Å²) >= 11 is 0. The number of Topliss-reactive ketones (excluding diaryl/α,β-unsaturated/α-hetero) is 1. The summed E-state index contributed by atoms with van der Waals surface area (Å²) in [6.07, 6.45) is -9.03. The summed E-state index contributed by atoms with van der Waals surface area (Å²) in [6, 6.07) is -1.98. The number of ether oxygens (including phenoxy) is 4. The lowest BCUT2D eigenvalue weighted by Crippen LogP contribution is -2.49. The fourth-order valence-corrected chi connectivity index (χ4v) is 3.04. The van der Waals surface area contributed by atoms with Crippen molar-refractivity contribution in [2.45, 2.75) is 43.3 Å². The Balaban J connectivity index is 2.31. The molecule has 0 spiro atoms. The van der Waals surface area contributed by atoms with Crippen LogP contribution in [-0.4, -0.2) is 74.2 Å². The number of amides is 1. The number of ketones is 1. The van der Waals surface area contributed by atoms with Gasteiger partial charge >= 0.3 is 18.2 Å². The fraction of sp³-hybridized carbons (Fsp3) is 0.769. The summed E-state index contributed by atoms with van der Waals surface area (Å²) in [7, 11) is 2.39. The van der Waals surface area contributed by atoms with Crippen LogP contribution in [0.15, 0.2) is 0 Å². The lowest BCUT2D eigenvalue weighted by molar-refractivity contribution is -0.212. The molecule has 0 unspecified atom stereocenters. The molecule has 2 fully saturated rings. The number of fused-ring (bicyclic) bond motifs is 2. The Morgan fingerprint density at radius 2 is 1.75 bits per heavy atom. The number of carbonyl (C=O) groups excluding carboxylic acids is 3. The Hall–Kier alpha value is -1.88. The molecule has 11 heteroatoms. The van der Waals surface area contributed by atoms with Crippen molar-refractivity contribution in [3.8, 4) is 0 Å². The average molecular weight is 355 g/mol. The van der Waals surface area contributed by atoms with Gasteiger partial charge in [0.2, 0.25) is 0 Å². The summed E-state index contributed by atoms with van der Waals surface area (Å²) < 4.78 is 56.7. The minimum Gasteiger partial charge on any atom is -0.453 e. The van der Waals surface area contributed by atoms with Crippen molar-refractivity contribution in [3.63, 3.8) is 0 Å². The predicted molar refractivity (Wildman–Crippen MR) is 68.7 cm³/mol. The topological polar surface area (TPSA) is 91.4 Å². The molecule has 2 aliphatic rings. The molecular weight excluding hydrogens is 339 g/mol. The van der Waals surface area contributed by atoms with Crippen LogP contribution in [0.5, 0.6) is 0 Å². The summed E-state index contributed by atoms with van der Waals surface area (Å²) in [5, 5.41) is 0. The number of esters is 1. The van der Waals surface area contributed by atoms with Gasteiger partial charge in [0.25, 0.3) is 0 Å². The maximum absolute atomic E-state index is 12.5. The summed E-state index contributed by atoms with van der Waals surface area (Å²) in [5.74, 6) is -2.69. The van der Waals surface area contributed by atoms with E-state index >= 15 is 0 Å². The molecule has 2 bridgehead atoms. The third kappa shape index (κ3) is 3.46. The minimum absolute atomic E-state index is 0.139. The third-order valence-corrected chi connectivity index (χ3v) is 3.91. The first-order chi connectivity index (χ1) is 11.2. The normalized spacial score (nSPS) is 29.5. The van der Waals surface area contributed by atoms with Crippen molar-refractivity contribution in [1.82, 2.24) is 4.90 Å². The molecule has 136 valence electrons. The molecule has 0 saturated carbocycles. The lowest BCUT2D eigenvalue weighted by atomic mass is 10.0. The Morgan fingerprint density at radius 1 is 1.17 bits per heavy atom. The standard InChI is InChI=1S/C13H16F3NO7/c1-21-5-23-9-7-3-6(18)4-8(17(7)12(20)22-2)10(9)24-11(19)13(14,15)16/h7-10H,3-5H2,1-2H3/t7-,8+,9-,10+/m0/s1. The lowest BCUT2D eigenvalue weighted by Gasteiger charge is -2.33. The first-order valence-corrected chi connectivity index (χ1v) is 6.97. The number of alkyl halides is 3.